The summed E-state index contributed by atoms with van der Waals surface area (Å²) in [6, 6.07) is 19.0. The lowest BCUT2D eigenvalue weighted by atomic mass is 9.99. The maximum Gasteiger partial charge on any atom is 0.00217 e. The molecule has 5 rings (SSSR count). The van der Waals surface area contributed by atoms with Crippen molar-refractivity contribution in [1.29, 1.82) is 0 Å². The molecule has 1 unspecified atom stereocenters. The van der Waals surface area contributed by atoms with Crippen molar-refractivity contribution in [2.45, 2.75) is 108 Å². The van der Waals surface area contributed by atoms with Crippen LogP contribution in [0.3, 0.4) is 0 Å². The van der Waals surface area contributed by atoms with Crippen molar-refractivity contribution in [3.8, 4) is 0 Å². The van der Waals surface area contributed by atoms with Crippen molar-refractivity contribution in [1.82, 2.24) is 0 Å². The SMILES string of the molecule is Cc1ccc(P(C2=C(C(C)P(C3CCCCC3)C3CCCCC3)C=CC2)c2ccc(C)cc2)cc1. The number of hydrogen-bond acceptors (Lipinski definition) is 0. The highest BCUT2D eigenvalue weighted by molar-refractivity contribution is 7.76. The molecule has 0 aliphatic heterocycles. The molecular weight excluding hydrogens is 458 g/mol. The fraction of sp³-hybridized carbons (Fsp3) is 0.515. The van der Waals surface area contributed by atoms with Crippen LogP contribution in [0.1, 0.15) is 88.7 Å². The Bertz CT molecular complexity index is 954. The molecular formula is C33H44P2. The van der Waals surface area contributed by atoms with Crippen LogP contribution in [-0.2, 0) is 0 Å². The Morgan fingerprint density at radius 3 is 1.57 bits per heavy atom. The monoisotopic (exact) mass is 502 g/mol. The van der Waals surface area contributed by atoms with E-state index < -0.39 is 7.92 Å². The standard InChI is InChI=1S/C33H44P2/c1-25-17-21-30(22-18-25)35(31-23-19-26(2)20-24-31)33-16-10-15-32(33)27(3)34(28-11-6-4-7-12-28)29-13-8-5-9-14-29/h10,15,17-24,27-29H,4-9,11-14,16H2,1-3H3. The van der Waals surface area contributed by atoms with Crippen LogP contribution in [0.15, 0.2) is 71.6 Å². The van der Waals surface area contributed by atoms with Crippen molar-refractivity contribution in [2.75, 3.05) is 0 Å². The maximum atomic E-state index is 2.65. The maximum absolute atomic E-state index is 2.65. The van der Waals surface area contributed by atoms with E-state index in [2.05, 4.69) is 81.5 Å². The van der Waals surface area contributed by atoms with Gasteiger partial charge in [-0.15, -0.1) is 0 Å². The second-order valence-corrected chi connectivity index (χ2v) is 16.6. The molecule has 2 fully saturated rings. The van der Waals surface area contributed by atoms with Gasteiger partial charge in [0.2, 0.25) is 0 Å². The van der Waals surface area contributed by atoms with Crippen LogP contribution in [0.25, 0.3) is 0 Å². The molecule has 0 saturated heterocycles. The van der Waals surface area contributed by atoms with Crippen molar-refractivity contribution in [2.24, 2.45) is 0 Å². The van der Waals surface area contributed by atoms with Gasteiger partial charge in [0.05, 0.1) is 0 Å². The summed E-state index contributed by atoms with van der Waals surface area (Å²) in [5.41, 5.74) is 7.20. The summed E-state index contributed by atoms with van der Waals surface area (Å²) in [5, 5.41) is 4.80. The summed E-state index contributed by atoms with van der Waals surface area (Å²) in [6.07, 6.45) is 21.1. The number of rotatable bonds is 7. The van der Waals surface area contributed by atoms with E-state index in [1.54, 1.807) is 10.9 Å². The largest absolute Gasteiger partial charge is 0.0929 e. The van der Waals surface area contributed by atoms with E-state index in [0.717, 1.165) is 23.4 Å². The molecule has 2 aromatic carbocycles. The number of hydrogen-bond donors (Lipinski definition) is 0. The third kappa shape index (κ3) is 5.86. The van der Waals surface area contributed by atoms with Gasteiger partial charge in [0.1, 0.15) is 0 Å². The van der Waals surface area contributed by atoms with E-state index in [1.165, 1.54) is 85.9 Å². The van der Waals surface area contributed by atoms with Gasteiger partial charge >= 0.3 is 0 Å². The second-order valence-electron chi connectivity index (χ2n) is 11.2. The molecule has 0 amide bonds. The van der Waals surface area contributed by atoms with E-state index in [1.807, 2.05) is 0 Å². The molecule has 35 heavy (non-hydrogen) atoms. The molecule has 2 aromatic rings. The first-order valence-corrected chi connectivity index (χ1v) is 17.1. The average Bonchev–Trinajstić information content (AvgIpc) is 3.37. The molecule has 0 spiro atoms. The first-order chi connectivity index (χ1) is 17.1. The fourth-order valence-corrected chi connectivity index (χ4v) is 13.9. The molecule has 3 aliphatic rings. The van der Waals surface area contributed by atoms with Gasteiger partial charge in [0.15, 0.2) is 0 Å². The van der Waals surface area contributed by atoms with Gasteiger partial charge in [0.25, 0.3) is 0 Å². The van der Waals surface area contributed by atoms with E-state index in [-0.39, 0.29) is 7.92 Å². The number of aryl methyl sites for hydroxylation is 2. The molecule has 0 nitrogen and oxygen atoms in total. The van der Waals surface area contributed by atoms with Gasteiger partial charge < -0.3 is 0 Å². The summed E-state index contributed by atoms with van der Waals surface area (Å²) in [5.74, 6) is 0. The molecule has 0 N–H and O–H groups in total. The fourth-order valence-electron chi connectivity index (χ4n) is 6.81. The topological polar surface area (TPSA) is 0 Å². The average molecular weight is 503 g/mol. The van der Waals surface area contributed by atoms with Gasteiger partial charge in [-0.2, -0.15) is 0 Å². The number of benzene rings is 2. The van der Waals surface area contributed by atoms with E-state index in [9.17, 15) is 0 Å². The predicted molar refractivity (Wildman–Crippen MR) is 159 cm³/mol. The molecule has 0 bridgehead atoms. The zero-order valence-corrected chi connectivity index (χ0v) is 24.0. The Morgan fingerprint density at radius 1 is 0.657 bits per heavy atom. The molecule has 0 heterocycles. The summed E-state index contributed by atoms with van der Waals surface area (Å²) in [4.78, 5) is 0. The minimum atomic E-state index is -0.481. The van der Waals surface area contributed by atoms with E-state index in [0.29, 0.717) is 0 Å². The van der Waals surface area contributed by atoms with Crippen LogP contribution in [0.2, 0.25) is 0 Å². The summed E-state index contributed by atoms with van der Waals surface area (Å²) in [6.45, 7) is 7.07. The predicted octanol–water partition coefficient (Wildman–Crippen LogP) is 9.49. The zero-order valence-electron chi connectivity index (χ0n) is 22.2. The van der Waals surface area contributed by atoms with Gasteiger partial charge in [-0.1, -0.05) is 125 Å². The molecule has 2 heteroatoms. The quantitative estimate of drug-likeness (QED) is 0.331. The zero-order chi connectivity index (χ0) is 24.2. The lowest BCUT2D eigenvalue weighted by Crippen LogP contribution is -2.26. The summed E-state index contributed by atoms with van der Waals surface area (Å²) >= 11 is 0. The van der Waals surface area contributed by atoms with Crippen molar-refractivity contribution in [3.63, 3.8) is 0 Å². The first-order valence-electron chi connectivity index (χ1n) is 14.2. The van der Waals surface area contributed by atoms with Gasteiger partial charge in [-0.05, 0) is 86.7 Å². The van der Waals surface area contributed by atoms with Gasteiger partial charge in [0, 0.05) is 5.66 Å². The first kappa shape index (κ1) is 25.4. The van der Waals surface area contributed by atoms with Crippen LogP contribution in [-0.4, -0.2) is 17.0 Å². The van der Waals surface area contributed by atoms with Gasteiger partial charge in [-0.3, -0.25) is 0 Å². The van der Waals surface area contributed by atoms with Crippen LogP contribution in [0.4, 0.5) is 0 Å². The van der Waals surface area contributed by atoms with Crippen molar-refractivity contribution in [3.05, 3.63) is 82.7 Å². The minimum absolute atomic E-state index is 0.0325. The molecule has 1 atom stereocenters. The molecule has 3 aliphatic carbocycles. The highest BCUT2D eigenvalue weighted by Crippen LogP contribution is 2.63. The lowest BCUT2D eigenvalue weighted by molar-refractivity contribution is 0.482. The van der Waals surface area contributed by atoms with Crippen LogP contribution in [0, 0.1) is 13.8 Å². The lowest BCUT2D eigenvalue weighted by Gasteiger charge is -2.43. The Kier molecular flexibility index (Phi) is 8.64. The van der Waals surface area contributed by atoms with Crippen molar-refractivity contribution >= 4 is 26.5 Å². The van der Waals surface area contributed by atoms with E-state index >= 15 is 0 Å². The van der Waals surface area contributed by atoms with Crippen LogP contribution in [0.5, 0.6) is 0 Å². The smallest absolute Gasteiger partial charge is 0.00217 e. The van der Waals surface area contributed by atoms with Crippen LogP contribution >= 0.6 is 15.8 Å². The number of allylic oxidation sites excluding steroid dienone is 4. The highest BCUT2D eigenvalue weighted by atomic mass is 31.1. The Labute approximate surface area is 217 Å². The summed E-state index contributed by atoms with van der Waals surface area (Å²) < 4.78 is 0. The Hall–Kier alpha value is -1.22. The van der Waals surface area contributed by atoms with Crippen molar-refractivity contribution < 1.29 is 0 Å². The Balaban J connectivity index is 1.55. The Morgan fingerprint density at radius 2 is 1.11 bits per heavy atom. The summed E-state index contributed by atoms with van der Waals surface area (Å²) in [7, 11) is -0.448. The third-order valence-corrected chi connectivity index (χ3v) is 15.2. The molecule has 2 saturated carbocycles. The highest BCUT2D eigenvalue weighted by Gasteiger charge is 2.37. The van der Waals surface area contributed by atoms with Crippen LogP contribution < -0.4 is 10.6 Å². The van der Waals surface area contributed by atoms with Gasteiger partial charge in [-0.25, -0.2) is 0 Å². The van der Waals surface area contributed by atoms with E-state index in [4.69, 9.17) is 0 Å². The molecule has 0 aromatic heterocycles. The normalized spacial score (nSPS) is 20.8. The molecule has 0 radical (unpaired) electrons. The third-order valence-electron chi connectivity index (χ3n) is 8.69. The minimum Gasteiger partial charge on any atom is -0.0929 e. The second kappa shape index (κ2) is 11.9. The molecule has 186 valence electrons.